The van der Waals surface area contributed by atoms with Crippen molar-refractivity contribution in [1.29, 1.82) is 0 Å². The summed E-state index contributed by atoms with van der Waals surface area (Å²) in [4.78, 5) is 0. The summed E-state index contributed by atoms with van der Waals surface area (Å²) in [6.45, 7) is 2.29. The van der Waals surface area contributed by atoms with Crippen LogP contribution in [-0.4, -0.2) is 76.9 Å². The third-order valence-corrected chi connectivity index (χ3v) is 5.69. The summed E-state index contributed by atoms with van der Waals surface area (Å²) < 4.78 is 46.3. The van der Waals surface area contributed by atoms with Crippen LogP contribution >= 0.6 is 0 Å². The molecule has 0 radical (unpaired) electrons. The molecular formula is C25H28N2O8. The Morgan fingerprint density at radius 1 is 0.771 bits per heavy atom. The molecule has 0 amide bonds. The molecule has 10 heteroatoms. The number of benzene rings is 2. The van der Waals surface area contributed by atoms with Gasteiger partial charge in [-0.25, -0.2) is 4.68 Å². The predicted octanol–water partition coefficient (Wildman–Crippen LogP) is 3.13. The standard InChI is InChI=1S/C25H28N2O8/c1-28-20-7-15(8-21(29-2)24(20)34-13-17-11-32-17)19-5-6-27(26-19)16-9-22(30-3)25(23(10-16)31-4)35-14-18-12-33-18/h5-10,17-18H,11-14H2,1-4H3. The van der Waals surface area contributed by atoms with Crippen molar-refractivity contribution in [3.8, 4) is 51.4 Å². The zero-order chi connectivity index (χ0) is 24.4. The lowest BCUT2D eigenvalue weighted by atomic mass is 10.1. The molecule has 35 heavy (non-hydrogen) atoms. The van der Waals surface area contributed by atoms with Gasteiger partial charge in [0.15, 0.2) is 23.0 Å². The highest BCUT2D eigenvalue weighted by Gasteiger charge is 2.26. The van der Waals surface area contributed by atoms with Gasteiger partial charge in [-0.2, -0.15) is 5.10 Å². The molecule has 3 heterocycles. The highest BCUT2D eigenvalue weighted by Crippen LogP contribution is 2.42. The molecule has 2 aromatic carbocycles. The topological polar surface area (TPSA) is 98.3 Å². The van der Waals surface area contributed by atoms with Gasteiger partial charge in [0.1, 0.15) is 25.4 Å². The second-order valence-corrected chi connectivity index (χ2v) is 8.07. The number of epoxide rings is 2. The molecule has 2 fully saturated rings. The molecule has 1 aromatic heterocycles. The Kier molecular flexibility index (Phi) is 6.56. The maximum Gasteiger partial charge on any atom is 0.203 e. The monoisotopic (exact) mass is 484 g/mol. The number of ether oxygens (including phenoxy) is 8. The summed E-state index contributed by atoms with van der Waals surface area (Å²) in [6.07, 6.45) is 2.09. The lowest BCUT2D eigenvalue weighted by Gasteiger charge is -2.16. The number of aromatic nitrogens is 2. The van der Waals surface area contributed by atoms with Crippen molar-refractivity contribution < 1.29 is 37.9 Å². The molecule has 0 N–H and O–H groups in total. The number of methoxy groups -OCH3 is 4. The van der Waals surface area contributed by atoms with Crippen LogP contribution in [0.2, 0.25) is 0 Å². The fourth-order valence-electron chi connectivity index (χ4n) is 3.61. The maximum absolute atomic E-state index is 5.89. The van der Waals surface area contributed by atoms with Crippen LogP contribution in [0.5, 0.6) is 34.5 Å². The van der Waals surface area contributed by atoms with E-state index in [2.05, 4.69) is 0 Å². The second-order valence-electron chi connectivity index (χ2n) is 8.07. The summed E-state index contributed by atoms with van der Waals surface area (Å²) in [7, 11) is 6.36. The van der Waals surface area contributed by atoms with E-state index in [4.69, 9.17) is 43.0 Å². The molecular weight excluding hydrogens is 456 g/mol. The Morgan fingerprint density at radius 2 is 1.23 bits per heavy atom. The average molecular weight is 485 g/mol. The van der Waals surface area contributed by atoms with Crippen LogP contribution in [0.1, 0.15) is 0 Å². The van der Waals surface area contributed by atoms with E-state index < -0.39 is 0 Å². The van der Waals surface area contributed by atoms with E-state index in [1.807, 2.05) is 36.5 Å². The van der Waals surface area contributed by atoms with Gasteiger partial charge in [0.25, 0.3) is 0 Å². The Hall–Kier alpha value is -3.63. The van der Waals surface area contributed by atoms with Crippen molar-refractivity contribution in [2.24, 2.45) is 0 Å². The summed E-state index contributed by atoms with van der Waals surface area (Å²) in [5, 5.41) is 4.75. The van der Waals surface area contributed by atoms with Crippen LogP contribution in [0, 0.1) is 0 Å². The molecule has 2 aliphatic rings. The summed E-state index contributed by atoms with van der Waals surface area (Å²) >= 11 is 0. The quantitative estimate of drug-likeness (QED) is 0.359. The van der Waals surface area contributed by atoms with Crippen LogP contribution in [-0.2, 0) is 9.47 Å². The van der Waals surface area contributed by atoms with Crippen molar-refractivity contribution in [3.63, 3.8) is 0 Å². The van der Waals surface area contributed by atoms with E-state index in [0.717, 1.165) is 16.9 Å². The van der Waals surface area contributed by atoms with Gasteiger partial charge in [-0.05, 0) is 18.2 Å². The first-order valence-electron chi connectivity index (χ1n) is 11.2. The molecule has 2 saturated heterocycles. The maximum atomic E-state index is 5.89. The van der Waals surface area contributed by atoms with Gasteiger partial charge in [0, 0.05) is 23.9 Å². The Bertz CT molecular complexity index is 1050. The van der Waals surface area contributed by atoms with E-state index in [1.165, 1.54) is 0 Å². The highest BCUT2D eigenvalue weighted by atomic mass is 16.6. The zero-order valence-corrected chi connectivity index (χ0v) is 20.1. The van der Waals surface area contributed by atoms with E-state index in [0.29, 0.717) is 60.9 Å². The van der Waals surface area contributed by atoms with Gasteiger partial charge in [0.05, 0.1) is 53.0 Å². The minimum atomic E-state index is 0.116. The number of hydrogen-bond acceptors (Lipinski definition) is 9. The molecule has 2 aliphatic heterocycles. The lowest BCUT2D eigenvalue weighted by Crippen LogP contribution is -2.07. The van der Waals surface area contributed by atoms with Crippen LogP contribution < -0.4 is 28.4 Å². The van der Waals surface area contributed by atoms with E-state index >= 15 is 0 Å². The first kappa shape index (κ1) is 23.1. The van der Waals surface area contributed by atoms with Crippen LogP contribution in [0.3, 0.4) is 0 Å². The summed E-state index contributed by atoms with van der Waals surface area (Å²) in [5.74, 6) is 3.26. The molecule has 2 unspecified atom stereocenters. The lowest BCUT2D eigenvalue weighted by molar-refractivity contribution is 0.240. The van der Waals surface area contributed by atoms with Crippen molar-refractivity contribution >= 4 is 0 Å². The minimum Gasteiger partial charge on any atom is -0.493 e. The molecule has 3 aromatic rings. The van der Waals surface area contributed by atoms with Crippen molar-refractivity contribution in [2.45, 2.75) is 12.2 Å². The first-order chi connectivity index (χ1) is 17.1. The Morgan fingerprint density at radius 3 is 1.66 bits per heavy atom. The second kappa shape index (κ2) is 9.93. The van der Waals surface area contributed by atoms with Crippen LogP contribution in [0.25, 0.3) is 16.9 Å². The van der Waals surface area contributed by atoms with Gasteiger partial charge < -0.3 is 37.9 Å². The van der Waals surface area contributed by atoms with Crippen LogP contribution in [0.4, 0.5) is 0 Å². The predicted molar refractivity (Wildman–Crippen MR) is 126 cm³/mol. The van der Waals surface area contributed by atoms with Crippen molar-refractivity contribution in [3.05, 3.63) is 36.5 Å². The third-order valence-electron chi connectivity index (χ3n) is 5.69. The van der Waals surface area contributed by atoms with Gasteiger partial charge >= 0.3 is 0 Å². The zero-order valence-electron chi connectivity index (χ0n) is 20.1. The third kappa shape index (κ3) is 5.08. The largest absolute Gasteiger partial charge is 0.493 e. The Labute approximate surface area is 203 Å². The van der Waals surface area contributed by atoms with Gasteiger partial charge in [-0.3, -0.25) is 0 Å². The fraction of sp³-hybridized carbons (Fsp3) is 0.400. The minimum absolute atomic E-state index is 0.116. The van der Waals surface area contributed by atoms with Crippen LogP contribution in [0.15, 0.2) is 36.5 Å². The molecule has 0 saturated carbocycles. The molecule has 0 aliphatic carbocycles. The van der Waals surface area contributed by atoms with Gasteiger partial charge in [-0.15, -0.1) is 0 Å². The van der Waals surface area contributed by atoms with E-state index in [-0.39, 0.29) is 12.2 Å². The fourth-order valence-corrected chi connectivity index (χ4v) is 3.61. The van der Waals surface area contributed by atoms with Gasteiger partial charge in [0.2, 0.25) is 11.5 Å². The summed E-state index contributed by atoms with van der Waals surface area (Å²) in [5.41, 5.74) is 2.29. The normalized spacial score (nSPS) is 18.1. The molecule has 2 atom stereocenters. The van der Waals surface area contributed by atoms with E-state index in [9.17, 15) is 0 Å². The average Bonchev–Trinajstić information content (AvgIpc) is 3.83. The smallest absolute Gasteiger partial charge is 0.203 e. The number of rotatable bonds is 12. The molecule has 0 bridgehead atoms. The molecule has 186 valence electrons. The molecule has 0 spiro atoms. The SMILES string of the molecule is COc1cc(-c2ccn(-c3cc(OC)c(OCC4CO4)c(OC)c3)n2)cc(OC)c1OCC1CO1. The first-order valence-corrected chi connectivity index (χ1v) is 11.2. The van der Waals surface area contributed by atoms with Gasteiger partial charge in [-0.1, -0.05) is 0 Å². The van der Waals surface area contributed by atoms with Crippen molar-refractivity contribution in [2.75, 3.05) is 54.9 Å². The van der Waals surface area contributed by atoms with E-state index in [1.54, 1.807) is 33.1 Å². The Balaban J connectivity index is 1.44. The molecule has 10 nitrogen and oxygen atoms in total. The number of hydrogen-bond donors (Lipinski definition) is 0. The summed E-state index contributed by atoms with van der Waals surface area (Å²) in [6, 6.07) is 9.34. The van der Waals surface area contributed by atoms with Crippen molar-refractivity contribution in [1.82, 2.24) is 9.78 Å². The molecule has 5 rings (SSSR count). The number of nitrogens with zero attached hydrogens (tertiary/aromatic N) is 2. The highest BCUT2D eigenvalue weighted by molar-refractivity contribution is 5.69.